The number of alkyl halides is 3. The highest BCUT2D eigenvalue weighted by molar-refractivity contribution is 7.90. The highest BCUT2D eigenvalue weighted by atomic mass is 32.2. The lowest BCUT2D eigenvalue weighted by molar-refractivity contribution is -0.118. The third-order valence-electron chi connectivity index (χ3n) is 3.30. The summed E-state index contributed by atoms with van der Waals surface area (Å²) in [5.74, 6) is -1.24. The number of aryl methyl sites for hydroxylation is 1. The van der Waals surface area contributed by atoms with Gasteiger partial charge in [-0.1, -0.05) is 17.7 Å². The predicted molar refractivity (Wildman–Crippen MR) is 84.4 cm³/mol. The third kappa shape index (κ3) is 4.78. The van der Waals surface area contributed by atoms with Crippen molar-refractivity contribution in [2.75, 3.05) is 6.54 Å². The molecule has 0 aromatic heterocycles. The summed E-state index contributed by atoms with van der Waals surface area (Å²) in [5.41, 5.74) is 4.70. The summed E-state index contributed by atoms with van der Waals surface area (Å²) in [6, 6.07) is 5.80. The summed E-state index contributed by atoms with van der Waals surface area (Å²) >= 11 is 0. The lowest BCUT2D eigenvalue weighted by Crippen LogP contribution is -2.41. The Hall–Kier alpha value is -2.43. The van der Waals surface area contributed by atoms with Crippen molar-refractivity contribution in [2.24, 2.45) is 15.2 Å². The molecule has 1 heterocycles. The van der Waals surface area contributed by atoms with Gasteiger partial charge in [0.25, 0.3) is 10.0 Å². The number of benzene rings is 1. The van der Waals surface area contributed by atoms with Crippen LogP contribution in [-0.4, -0.2) is 43.6 Å². The minimum atomic E-state index is -4.68. The highest BCUT2D eigenvalue weighted by Gasteiger charge is 2.39. The Morgan fingerprint density at radius 2 is 1.88 bits per heavy atom. The van der Waals surface area contributed by atoms with Gasteiger partial charge < -0.3 is 5.73 Å². The van der Waals surface area contributed by atoms with E-state index >= 15 is 0 Å². The van der Waals surface area contributed by atoms with E-state index < -0.39 is 40.8 Å². The Kier molecular flexibility index (Phi) is 5.16. The van der Waals surface area contributed by atoms with E-state index in [1.54, 1.807) is 19.1 Å². The number of carbonyl (C=O) groups is 1. The van der Waals surface area contributed by atoms with Crippen molar-refractivity contribution in [1.29, 1.82) is 0 Å². The van der Waals surface area contributed by atoms with Crippen LogP contribution in [0, 0.1) is 6.92 Å². The SMILES string of the molecule is Cc1ccc(S(=O)(=O)N=C2CCC(C(F)(F)F)=NN2CC(N)=O)cc1. The van der Waals surface area contributed by atoms with Crippen LogP contribution in [0.5, 0.6) is 0 Å². The van der Waals surface area contributed by atoms with E-state index in [-0.39, 0.29) is 17.2 Å². The number of rotatable bonds is 4. The fourth-order valence-electron chi connectivity index (χ4n) is 2.08. The first kappa shape index (κ1) is 18.9. The summed E-state index contributed by atoms with van der Waals surface area (Å²) in [4.78, 5) is 11.0. The molecule has 11 heteroatoms. The van der Waals surface area contributed by atoms with E-state index in [0.717, 1.165) is 5.56 Å². The molecule has 0 fully saturated rings. The maximum absolute atomic E-state index is 12.8. The van der Waals surface area contributed by atoms with Crippen LogP contribution in [0.15, 0.2) is 38.7 Å². The molecule has 0 saturated carbocycles. The zero-order valence-electron chi connectivity index (χ0n) is 13.1. The molecule has 1 aliphatic rings. The van der Waals surface area contributed by atoms with Crippen LogP contribution in [0.3, 0.4) is 0 Å². The molecule has 7 nitrogen and oxygen atoms in total. The van der Waals surface area contributed by atoms with E-state index in [2.05, 4.69) is 9.50 Å². The van der Waals surface area contributed by atoms with E-state index in [1.165, 1.54) is 12.1 Å². The van der Waals surface area contributed by atoms with Crippen LogP contribution >= 0.6 is 0 Å². The van der Waals surface area contributed by atoms with Crippen molar-refractivity contribution >= 4 is 27.5 Å². The predicted octanol–water partition coefficient (Wildman–Crippen LogP) is 1.58. The average Bonchev–Trinajstić information content (AvgIpc) is 2.47. The number of hydrazone groups is 1. The monoisotopic (exact) mass is 376 g/mol. The highest BCUT2D eigenvalue weighted by Crippen LogP contribution is 2.25. The van der Waals surface area contributed by atoms with Gasteiger partial charge in [-0.05, 0) is 19.1 Å². The number of sulfonamides is 1. The van der Waals surface area contributed by atoms with E-state index in [9.17, 15) is 26.4 Å². The van der Waals surface area contributed by atoms with Crippen LogP contribution in [0.4, 0.5) is 13.2 Å². The van der Waals surface area contributed by atoms with Crippen LogP contribution in [0.2, 0.25) is 0 Å². The lowest BCUT2D eigenvalue weighted by atomic mass is 10.1. The maximum Gasteiger partial charge on any atom is 0.431 e. The van der Waals surface area contributed by atoms with Crippen molar-refractivity contribution < 1.29 is 26.4 Å². The zero-order valence-corrected chi connectivity index (χ0v) is 13.9. The second-order valence-electron chi connectivity index (χ2n) is 5.36. The van der Waals surface area contributed by atoms with Crippen molar-refractivity contribution in [3.8, 4) is 0 Å². The van der Waals surface area contributed by atoms with Gasteiger partial charge in [0.1, 0.15) is 18.1 Å². The first-order chi connectivity index (χ1) is 11.5. The zero-order chi connectivity index (χ0) is 18.8. The molecule has 0 aliphatic carbocycles. The van der Waals surface area contributed by atoms with Gasteiger partial charge in [0.05, 0.1) is 4.90 Å². The van der Waals surface area contributed by atoms with Gasteiger partial charge in [-0.2, -0.15) is 26.7 Å². The second-order valence-corrected chi connectivity index (χ2v) is 6.97. The molecule has 0 atom stereocenters. The van der Waals surface area contributed by atoms with Crippen molar-refractivity contribution in [1.82, 2.24) is 5.01 Å². The third-order valence-corrected chi connectivity index (χ3v) is 4.62. The minimum Gasteiger partial charge on any atom is -0.368 e. The Morgan fingerprint density at radius 1 is 1.28 bits per heavy atom. The van der Waals surface area contributed by atoms with Gasteiger partial charge in [-0.25, -0.2) is 5.01 Å². The number of nitrogens with zero attached hydrogens (tertiary/aromatic N) is 3. The van der Waals surface area contributed by atoms with Gasteiger partial charge >= 0.3 is 6.18 Å². The van der Waals surface area contributed by atoms with Gasteiger partial charge in [0, 0.05) is 12.8 Å². The Bertz CT molecular complexity index is 830. The molecule has 0 unspecified atom stereocenters. The smallest absolute Gasteiger partial charge is 0.368 e. The molecule has 2 N–H and O–H groups in total. The number of nitrogens with two attached hydrogens (primary N) is 1. The molecule has 1 amide bonds. The van der Waals surface area contributed by atoms with Crippen molar-refractivity contribution in [2.45, 2.75) is 30.8 Å². The standard InChI is InChI=1S/C14H15F3N4O3S/c1-9-2-4-10(5-3-9)25(23,24)20-13-7-6-11(14(15,16)17)19-21(13)8-12(18)22/h2-5H,6-8H2,1H3,(H2,18,22). The van der Waals surface area contributed by atoms with Gasteiger partial charge in [-0.15, -0.1) is 4.40 Å². The molecule has 0 saturated heterocycles. The first-order valence-electron chi connectivity index (χ1n) is 7.10. The fraction of sp³-hybridized carbons (Fsp3) is 0.357. The van der Waals surface area contributed by atoms with Crippen molar-refractivity contribution in [3.05, 3.63) is 29.8 Å². The molecule has 136 valence electrons. The summed E-state index contributed by atoms with van der Waals surface area (Å²) in [5, 5.41) is 3.88. The number of halogens is 3. The molecule has 1 aromatic carbocycles. The number of primary amides is 1. The minimum absolute atomic E-state index is 0.116. The van der Waals surface area contributed by atoms with Gasteiger partial charge in [0.2, 0.25) is 5.91 Å². The quantitative estimate of drug-likeness (QED) is 0.861. The first-order valence-corrected chi connectivity index (χ1v) is 8.54. The molecule has 0 radical (unpaired) electrons. The van der Waals surface area contributed by atoms with Crippen LogP contribution in [-0.2, 0) is 14.8 Å². The molecule has 0 bridgehead atoms. The van der Waals surface area contributed by atoms with Crippen LogP contribution in [0.1, 0.15) is 18.4 Å². The largest absolute Gasteiger partial charge is 0.431 e. The maximum atomic E-state index is 12.8. The summed E-state index contributed by atoms with van der Waals surface area (Å²) in [6.45, 7) is 1.06. The number of hydrogen-bond acceptors (Lipinski definition) is 4. The molecule has 1 aliphatic heterocycles. The number of hydrogen-bond donors (Lipinski definition) is 1. The number of carbonyl (C=O) groups excluding carboxylic acids is 1. The fourth-order valence-corrected chi connectivity index (χ4v) is 3.13. The average molecular weight is 376 g/mol. The normalized spacial score (nSPS) is 17.5. The molecule has 0 spiro atoms. The van der Waals surface area contributed by atoms with Gasteiger partial charge in [-0.3, -0.25) is 4.79 Å². The Balaban J connectivity index is 2.41. The molecule has 1 aromatic rings. The molecular formula is C14H15F3N4O3S. The van der Waals surface area contributed by atoms with Crippen molar-refractivity contribution in [3.63, 3.8) is 0 Å². The second kappa shape index (κ2) is 6.82. The summed E-state index contributed by atoms with van der Waals surface area (Å²) < 4.78 is 66.6. The van der Waals surface area contributed by atoms with E-state index in [4.69, 9.17) is 5.73 Å². The number of amidine groups is 1. The summed E-state index contributed by atoms with van der Waals surface area (Å²) in [6.07, 6.45) is -5.56. The summed E-state index contributed by atoms with van der Waals surface area (Å²) in [7, 11) is -4.15. The Morgan fingerprint density at radius 3 is 2.40 bits per heavy atom. The molecule has 25 heavy (non-hydrogen) atoms. The molecular weight excluding hydrogens is 361 g/mol. The van der Waals surface area contributed by atoms with Crippen LogP contribution in [0.25, 0.3) is 0 Å². The van der Waals surface area contributed by atoms with Crippen LogP contribution < -0.4 is 5.73 Å². The molecule has 2 rings (SSSR count). The topological polar surface area (TPSA) is 105 Å². The Labute approximate surface area is 142 Å². The number of amides is 1. The van der Waals surface area contributed by atoms with E-state index in [0.29, 0.717) is 5.01 Å². The van der Waals surface area contributed by atoms with E-state index in [1.807, 2.05) is 0 Å². The lowest BCUT2D eigenvalue weighted by Gasteiger charge is -2.26. The van der Waals surface area contributed by atoms with Gasteiger partial charge in [0.15, 0.2) is 0 Å².